The molecule has 2 N–H and O–H groups in total. The Bertz CT molecular complexity index is 651. The zero-order chi connectivity index (χ0) is 18.0. The van der Waals surface area contributed by atoms with Gasteiger partial charge in [-0.3, -0.25) is 4.99 Å². The molecular weight excluding hydrogens is 327 g/mol. The van der Waals surface area contributed by atoms with Crippen molar-refractivity contribution in [2.24, 2.45) is 10.9 Å². The lowest BCUT2D eigenvalue weighted by Gasteiger charge is -2.18. The second-order valence-electron chi connectivity index (χ2n) is 8.25. The highest BCUT2D eigenvalue weighted by molar-refractivity contribution is 5.79. The fourth-order valence-corrected chi connectivity index (χ4v) is 4.12. The van der Waals surface area contributed by atoms with E-state index in [1.807, 2.05) is 12.1 Å². The van der Waals surface area contributed by atoms with Gasteiger partial charge in [0.05, 0.1) is 6.54 Å². The van der Waals surface area contributed by atoms with Crippen LogP contribution < -0.4 is 10.6 Å². The summed E-state index contributed by atoms with van der Waals surface area (Å²) in [5.74, 6) is 1.47. The molecule has 3 aliphatic rings. The SMILES string of the molecule is CCNC(=NCC1(c2cccc(F)c2)CC1)NCC1CCN(C2CC2)C1. The third-order valence-corrected chi connectivity index (χ3v) is 6.11. The third-order valence-electron chi connectivity index (χ3n) is 6.11. The number of aliphatic imine (C=N–C) groups is 1. The largest absolute Gasteiger partial charge is 0.357 e. The molecule has 0 spiro atoms. The molecule has 2 saturated carbocycles. The molecule has 142 valence electrons. The van der Waals surface area contributed by atoms with E-state index < -0.39 is 0 Å². The minimum Gasteiger partial charge on any atom is -0.357 e. The van der Waals surface area contributed by atoms with Crippen molar-refractivity contribution in [1.82, 2.24) is 15.5 Å². The molecule has 1 aromatic carbocycles. The summed E-state index contributed by atoms with van der Waals surface area (Å²) in [6, 6.07) is 7.91. The van der Waals surface area contributed by atoms with Gasteiger partial charge in [-0.25, -0.2) is 4.39 Å². The van der Waals surface area contributed by atoms with Crippen molar-refractivity contribution < 1.29 is 4.39 Å². The summed E-state index contributed by atoms with van der Waals surface area (Å²) in [5.41, 5.74) is 1.13. The van der Waals surface area contributed by atoms with Crippen molar-refractivity contribution in [3.8, 4) is 0 Å². The van der Waals surface area contributed by atoms with Gasteiger partial charge >= 0.3 is 0 Å². The van der Waals surface area contributed by atoms with Crippen LogP contribution in [0.5, 0.6) is 0 Å². The van der Waals surface area contributed by atoms with E-state index in [0.717, 1.165) is 56.0 Å². The number of likely N-dealkylation sites (tertiary alicyclic amines) is 1. The molecule has 5 heteroatoms. The predicted octanol–water partition coefficient (Wildman–Crippen LogP) is 2.90. The van der Waals surface area contributed by atoms with Gasteiger partial charge in [0.2, 0.25) is 0 Å². The summed E-state index contributed by atoms with van der Waals surface area (Å²) in [5, 5.41) is 6.91. The molecule has 0 bridgehead atoms. The van der Waals surface area contributed by atoms with E-state index in [1.54, 1.807) is 6.07 Å². The van der Waals surface area contributed by atoms with E-state index in [1.165, 1.54) is 38.4 Å². The molecule has 1 atom stereocenters. The Morgan fingerprint density at radius 1 is 1.27 bits per heavy atom. The highest BCUT2D eigenvalue weighted by atomic mass is 19.1. The molecule has 3 fully saturated rings. The first-order valence-corrected chi connectivity index (χ1v) is 10.2. The van der Waals surface area contributed by atoms with Gasteiger partial charge in [0.1, 0.15) is 5.82 Å². The van der Waals surface area contributed by atoms with E-state index >= 15 is 0 Å². The molecule has 1 saturated heterocycles. The average Bonchev–Trinajstić information content (AvgIpc) is 3.57. The molecular formula is C21H31FN4. The summed E-state index contributed by atoms with van der Waals surface area (Å²) in [6.07, 6.45) is 6.27. The van der Waals surface area contributed by atoms with Gasteiger partial charge < -0.3 is 15.5 Å². The van der Waals surface area contributed by atoms with Crippen molar-refractivity contribution in [2.75, 3.05) is 32.7 Å². The first-order valence-electron chi connectivity index (χ1n) is 10.2. The van der Waals surface area contributed by atoms with Crippen LogP contribution in [0.2, 0.25) is 0 Å². The maximum atomic E-state index is 13.6. The Morgan fingerprint density at radius 2 is 2.12 bits per heavy atom. The Morgan fingerprint density at radius 3 is 2.81 bits per heavy atom. The van der Waals surface area contributed by atoms with Gasteiger partial charge in [-0.05, 0) is 69.2 Å². The molecule has 4 nitrogen and oxygen atoms in total. The molecule has 0 aromatic heterocycles. The van der Waals surface area contributed by atoms with Crippen molar-refractivity contribution in [2.45, 2.75) is 50.5 Å². The number of guanidine groups is 1. The molecule has 0 radical (unpaired) electrons. The van der Waals surface area contributed by atoms with E-state index in [4.69, 9.17) is 4.99 Å². The summed E-state index contributed by atoms with van der Waals surface area (Å²) in [6.45, 7) is 7.16. The molecule has 2 aliphatic carbocycles. The predicted molar refractivity (Wildman–Crippen MR) is 104 cm³/mol. The van der Waals surface area contributed by atoms with Crippen molar-refractivity contribution in [3.63, 3.8) is 0 Å². The third kappa shape index (κ3) is 4.20. The molecule has 4 rings (SSSR count). The molecule has 1 aliphatic heterocycles. The highest BCUT2D eigenvalue weighted by Gasteiger charge is 2.44. The number of rotatable bonds is 7. The molecule has 0 amide bonds. The van der Waals surface area contributed by atoms with Crippen molar-refractivity contribution in [1.29, 1.82) is 0 Å². The number of nitrogens with one attached hydrogen (secondary N) is 2. The molecule has 1 unspecified atom stereocenters. The van der Waals surface area contributed by atoms with Crippen LogP contribution in [0, 0.1) is 11.7 Å². The maximum Gasteiger partial charge on any atom is 0.191 e. The Kier molecular flexibility index (Phi) is 5.16. The number of hydrogen-bond donors (Lipinski definition) is 2. The van der Waals surface area contributed by atoms with Gasteiger partial charge in [0.25, 0.3) is 0 Å². The zero-order valence-corrected chi connectivity index (χ0v) is 15.8. The fraction of sp³-hybridized carbons (Fsp3) is 0.667. The average molecular weight is 359 g/mol. The molecule has 26 heavy (non-hydrogen) atoms. The molecule has 1 aromatic rings. The van der Waals surface area contributed by atoms with E-state index in [9.17, 15) is 4.39 Å². The number of halogens is 1. The van der Waals surface area contributed by atoms with Crippen molar-refractivity contribution in [3.05, 3.63) is 35.6 Å². The van der Waals surface area contributed by atoms with Crippen LogP contribution in [0.1, 0.15) is 44.6 Å². The molecule has 1 heterocycles. The van der Waals surface area contributed by atoms with E-state index in [0.29, 0.717) is 0 Å². The second-order valence-corrected chi connectivity index (χ2v) is 8.25. The number of benzene rings is 1. The van der Waals surface area contributed by atoms with Crippen LogP contribution in [-0.2, 0) is 5.41 Å². The highest BCUT2D eigenvalue weighted by Crippen LogP contribution is 2.48. The van der Waals surface area contributed by atoms with Crippen LogP contribution in [0.15, 0.2) is 29.3 Å². The summed E-state index contributed by atoms with van der Waals surface area (Å²) >= 11 is 0. The minimum absolute atomic E-state index is 0.0422. The maximum absolute atomic E-state index is 13.6. The van der Waals surface area contributed by atoms with Crippen LogP contribution in [0.25, 0.3) is 0 Å². The zero-order valence-electron chi connectivity index (χ0n) is 15.8. The van der Waals surface area contributed by atoms with Crippen molar-refractivity contribution >= 4 is 5.96 Å². The summed E-state index contributed by atoms with van der Waals surface area (Å²) < 4.78 is 13.6. The fourth-order valence-electron chi connectivity index (χ4n) is 4.12. The lowest BCUT2D eigenvalue weighted by Crippen LogP contribution is -2.41. The smallest absolute Gasteiger partial charge is 0.191 e. The summed E-state index contributed by atoms with van der Waals surface area (Å²) in [4.78, 5) is 7.49. The second kappa shape index (κ2) is 7.55. The lowest BCUT2D eigenvalue weighted by molar-refractivity contribution is 0.314. The topological polar surface area (TPSA) is 39.7 Å². The Labute approximate surface area is 156 Å². The van der Waals surface area contributed by atoms with Crippen LogP contribution in [0.3, 0.4) is 0 Å². The minimum atomic E-state index is -0.149. The lowest BCUT2D eigenvalue weighted by atomic mass is 9.96. The normalized spacial score (nSPS) is 25.3. The monoisotopic (exact) mass is 358 g/mol. The standard InChI is InChI=1S/C21H31FN4/c1-2-23-20(24-13-16-8-11-26(14-16)19-6-7-19)25-15-21(9-10-21)17-4-3-5-18(22)12-17/h3-5,12,16,19H,2,6-11,13-15H2,1H3,(H2,23,24,25). The Hall–Kier alpha value is -1.62. The quantitative estimate of drug-likeness (QED) is 0.582. The van der Waals surface area contributed by atoms with E-state index in [2.05, 4.69) is 22.5 Å². The van der Waals surface area contributed by atoms with Crippen LogP contribution in [-0.4, -0.2) is 49.6 Å². The number of nitrogens with zero attached hydrogens (tertiary/aromatic N) is 2. The van der Waals surface area contributed by atoms with Gasteiger partial charge in [-0.1, -0.05) is 12.1 Å². The van der Waals surface area contributed by atoms with Gasteiger partial charge in [-0.15, -0.1) is 0 Å². The summed E-state index contributed by atoms with van der Waals surface area (Å²) in [7, 11) is 0. The van der Waals surface area contributed by atoms with Crippen LogP contribution >= 0.6 is 0 Å². The van der Waals surface area contributed by atoms with Gasteiger partial charge in [0.15, 0.2) is 5.96 Å². The first-order chi connectivity index (χ1) is 12.7. The Balaban J connectivity index is 1.32. The van der Waals surface area contributed by atoms with E-state index in [-0.39, 0.29) is 11.2 Å². The first kappa shape index (κ1) is 17.8. The number of hydrogen-bond acceptors (Lipinski definition) is 2. The van der Waals surface area contributed by atoms with Crippen LogP contribution in [0.4, 0.5) is 4.39 Å². The van der Waals surface area contributed by atoms with Gasteiger partial charge in [0, 0.05) is 31.1 Å². The van der Waals surface area contributed by atoms with Gasteiger partial charge in [-0.2, -0.15) is 0 Å².